The van der Waals surface area contributed by atoms with Crippen LogP contribution < -0.4 is 25.9 Å². The minimum Gasteiger partial charge on any atom is -0.390 e. The van der Waals surface area contributed by atoms with E-state index in [9.17, 15) is 5.11 Å². The van der Waals surface area contributed by atoms with Gasteiger partial charge >= 0.3 is 0 Å². The summed E-state index contributed by atoms with van der Waals surface area (Å²) in [4.78, 5) is 36.7. The lowest BCUT2D eigenvalue weighted by atomic mass is 9.83. The Morgan fingerprint density at radius 1 is 0.729 bits per heavy atom. The minimum absolute atomic E-state index is 0.215. The predicted octanol–water partition coefficient (Wildman–Crippen LogP) is 9.19. The summed E-state index contributed by atoms with van der Waals surface area (Å²) in [6.07, 6.45) is 6.72. The molecule has 0 amide bonds. The summed E-state index contributed by atoms with van der Waals surface area (Å²) >= 11 is 3.30. The summed E-state index contributed by atoms with van der Waals surface area (Å²) in [5.41, 5.74) is 5.57. The van der Waals surface area contributed by atoms with Gasteiger partial charge in [-0.05, 0) is 145 Å². The van der Waals surface area contributed by atoms with Gasteiger partial charge in [0, 0.05) is 61.0 Å². The number of hydrogen-bond donors (Lipinski definition) is 4. The van der Waals surface area contributed by atoms with Gasteiger partial charge in [0.05, 0.1) is 37.3 Å². The van der Waals surface area contributed by atoms with Gasteiger partial charge in [-0.3, -0.25) is 9.82 Å². The number of rotatable bonds is 11. The third-order valence-corrected chi connectivity index (χ3v) is 14.0. The SMILES string of the molecule is Cc1cc(N(O[C@]2(C)CC[C@@H](Nc3nc(Nc4ccc(N5CCN(C)CC5)cc4)nc4ccsc34)CC2)c2nc(N[C@H]3CC[C@](C)(O)CC3)c3sccc3n2)cc(C)n1. The Balaban J connectivity index is 0.913. The Hall–Kier alpha value is -4.67. The molecule has 6 aromatic rings. The first-order valence-electron chi connectivity index (χ1n) is 21.0. The number of pyridine rings is 1. The monoisotopic (exact) mass is 833 g/mol. The van der Waals surface area contributed by atoms with Crippen LogP contribution in [0.3, 0.4) is 0 Å². The molecule has 0 radical (unpaired) electrons. The van der Waals surface area contributed by atoms with Crippen LogP contribution in [0, 0.1) is 13.8 Å². The van der Waals surface area contributed by atoms with Gasteiger partial charge < -0.3 is 30.9 Å². The summed E-state index contributed by atoms with van der Waals surface area (Å²) in [5.74, 6) is 2.74. The maximum Gasteiger partial charge on any atom is 0.257 e. The van der Waals surface area contributed by atoms with Crippen LogP contribution in [-0.2, 0) is 4.84 Å². The molecule has 0 bridgehead atoms. The molecule has 3 aliphatic rings. The predicted molar refractivity (Wildman–Crippen MR) is 242 cm³/mol. The number of anilines is 7. The van der Waals surface area contributed by atoms with Crippen molar-refractivity contribution in [3.8, 4) is 0 Å². The molecule has 3 fully saturated rings. The van der Waals surface area contributed by atoms with Crippen LogP contribution in [0.5, 0.6) is 0 Å². The fourth-order valence-electron chi connectivity index (χ4n) is 8.60. The van der Waals surface area contributed by atoms with Crippen LogP contribution in [0.15, 0.2) is 59.3 Å². The lowest BCUT2D eigenvalue weighted by Gasteiger charge is -2.40. The van der Waals surface area contributed by atoms with Gasteiger partial charge in [-0.15, -0.1) is 22.7 Å². The third-order valence-electron chi connectivity index (χ3n) is 12.2. The first-order chi connectivity index (χ1) is 28.4. The van der Waals surface area contributed by atoms with E-state index in [1.54, 1.807) is 22.7 Å². The lowest BCUT2D eigenvalue weighted by Crippen LogP contribution is -2.44. The number of likely N-dealkylation sites (N-methyl/N-ethyl adjacent to an activating group) is 1. The quantitative estimate of drug-likeness (QED) is 0.0924. The normalized spacial score (nSPS) is 24.1. The topological polar surface area (TPSA) is 140 Å². The van der Waals surface area contributed by atoms with E-state index in [1.165, 1.54) is 5.69 Å². The van der Waals surface area contributed by atoms with Crippen LogP contribution in [0.1, 0.15) is 76.6 Å². The Morgan fingerprint density at radius 2 is 1.31 bits per heavy atom. The molecule has 0 atom stereocenters. The number of fused-ring (bicyclic) bond motifs is 2. The van der Waals surface area contributed by atoms with Crippen molar-refractivity contribution in [1.82, 2.24) is 29.8 Å². The first kappa shape index (κ1) is 39.8. The molecule has 2 saturated carbocycles. The molecule has 1 saturated heterocycles. The molecule has 2 aliphatic carbocycles. The summed E-state index contributed by atoms with van der Waals surface area (Å²) in [7, 11) is 2.18. The van der Waals surface area contributed by atoms with Crippen molar-refractivity contribution in [3.63, 3.8) is 0 Å². The number of nitrogens with zero attached hydrogens (tertiary/aromatic N) is 8. The van der Waals surface area contributed by atoms with E-state index < -0.39 is 11.2 Å². The molecule has 6 heterocycles. The standard InChI is InChI=1S/C44H55N11O2S2/c1-28-26-34(27-29(2)45-28)55(42-50-36-15-25-59-38(36)40(52-42)47-31-10-16-43(3,56)17-11-31)57-44(4)18-12-32(13-19-44)46-39-37-35(14-24-58-37)49-41(51-39)48-30-6-8-33(9-7-30)54-22-20-53(5)21-23-54/h6-9,14-15,24-27,31-32,56H,10-13,16-23H2,1-5H3,(H,47,50,52)(H2,46,48,49,51)/t31-,32-,43-,44-. The molecule has 4 N–H and O–H groups in total. The molecule has 1 aromatic carbocycles. The van der Waals surface area contributed by atoms with E-state index in [2.05, 4.69) is 85.8 Å². The second kappa shape index (κ2) is 16.4. The van der Waals surface area contributed by atoms with Gasteiger partial charge in [-0.25, -0.2) is 9.97 Å². The second-order valence-electron chi connectivity index (χ2n) is 17.3. The zero-order chi connectivity index (χ0) is 40.7. The largest absolute Gasteiger partial charge is 0.390 e. The molecule has 9 rings (SSSR count). The highest BCUT2D eigenvalue weighted by Gasteiger charge is 2.37. The molecule has 5 aromatic heterocycles. The Labute approximate surface area is 354 Å². The second-order valence-corrected chi connectivity index (χ2v) is 19.1. The zero-order valence-corrected chi connectivity index (χ0v) is 36.3. The smallest absolute Gasteiger partial charge is 0.257 e. The maximum atomic E-state index is 10.6. The fourth-order valence-corrected chi connectivity index (χ4v) is 10.2. The third kappa shape index (κ3) is 9.09. The van der Waals surface area contributed by atoms with Crippen LogP contribution in [0.4, 0.5) is 40.6 Å². The number of aromatic nitrogens is 5. The Kier molecular flexibility index (Phi) is 11.1. The van der Waals surface area contributed by atoms with E-state index in [-0.39, 0.29) is 12.1 Å². The number of nitrogens with one attached hydrogen (secondary N) is 3. The number of aliphatic hydroxyl groups is 1. The van der Waals surface area contributed by atoms with Gasteiger partial charge in [-0.2, -0.15) is 15.0 Å². The summed E-state index contributed by atoms with van der Waals surface area (Å²) in [5, 5.41) is 27.6. The van der Waals surface area contributed by atoms with Crippen molar-refractivity contribution in [2.75, 3.05) is 59.1 Å². The van der Waals surface area contributed by atoms with E-state index in [4.69, 9.17) is 24.8 Å². The molecule has 310 valence electrons. The van der Waals surface area contributed by atoms with Gasteiger partial charge in [-0.1, -0.05) is 0 Å². The number of benzene rings is 1. The molecular weight excluding hydrogens is 779 g/mol. The Bertz CT molecular complexity index is 2370. The van der Waals surface area contributed by atoms with Gasteiger partial charge in [0.15, 0.2) is 0 Å². The molecule has 15 heteroatoms. The summed E-state index contributed by atoms with van der Waals surface area (Å²) in [6, 6.07) is 17.2. The number of aryl methyl sites for hydroxylation is 2. The summed E-state index contributed by atoms with van der Waals surface area (Å²) < 4.78 is 2.08. The zero-order valence-electron chi connectivity index (χ0n) is 34.7. The molecule has 59 heavy (non-hydrogen) atoms. The van der Waals surface area contributed by atoms with Crippen LogP contribution in [-0.4, -0.2) is 91.4 Å². The lowest BCUT2D eigenvalue weighted by molar-refractivity contribution is -0.0599. The minimum atomic E-state index is -0.609. The number of thiophene rings is 2. The first-order valence-corrected chi connectivity index (χ1v) is 22.7. The number of hydrogen-bond acceptors (Lipinski definition) is 15. The molecular formula is C44H55N11O2S2. The van der Waals surface area contributed by atoms with Crippen LogP contribution >= 0.6 is 22.7 Å². The fraction of sp³-hybridized carbons (Fsp3) is 0.477. The van der Waals surface area contributed by atoms with Crippen molar-refractivity contribution in [3.05, 3.63) is 70.7 Å². The highest BCUT2D eigenvalue weighted by atomic mass is 32.1. The molecule has 0 unspecified atom stereocenters. The van der Waals surface area contributed by atoms with Crippen molar-refractivity contribution in [2.24, 2.45) is 0 Å². The van der Waals surface area contributed by atoms with Crippen molar-refractivity contribution < 1.29 is 9.94 Å². The average Bonchev–Trinajstić information content (AvgIpc) is 3.90. The van der Waals surface area contributed by atoms with E-state index in [0.29, 0.717) is 11.9 Å². The van der Waals surface area contributed by atoms with Gasteiger partial charge in [0.25, 0.3) is 5.95 Å². The highest BCUT2D eigenvalue weighted by Crippen LogP contribution is 2.40. The summed E-state index contributed by atoms with van der Waals surface area (Å²) in [6.45, 7) is 12.4. The van der Waals surface area contributed by atoms with Crippen molar-refractivity contribution >= 4 is 83.7 Å². The van der Waals surface area contributed by atoms with Gasteiger partial charge in [0.1, 0.15) is 11.6 Å². The molecule has 13 nitrogen and oxygen atoms in total. The average molecular weight is 834 g/mol. The Morgan fingerprint density at radius 3 is 1.93 bits per heavy atom. The van der Waals surface area contributed by atoms with Crippen molar-refractivity contribution in [1.29, 1.82) is 0 Å². The van der Waals surface area contributed by atoms with Crippen LogP contribution in [0.25, 0.3) is 20.4 Å². The van der Waals surface area contributed by atoms with Gasteiger partial charge in [0.2, 0.25) is 5.95 Å². The molecule has 1 aliphatic heterocycles. The van der Waals surface area contributed by atoms with E-state index in [1.807, 2.05) is 44.0 Å². The van der Waals surface area contributed by atoms with Crippen LogP contribution in [0.2, 0.25) is 0 Å². The van der Waals surface area contributed by atoms with E-state index in [0.717, 1.165) is 132 Å². The van der Waals surface area contributed by atoms with E-state index >= 15 is 0 Å². The highest BCUT2D eigenvalue weighted by molar-refractivity contribution is 7.18. The molecule has 0 spiro atoms. The van der Waals surface area contributed by atoms with Crippen molar-refractivity contribution in [2.45, 2.75) is 102 Å². The maximum absolute atomic E-state index is 10.6. The number of piperazine rings is 1.